The van der Waals surface area contributed by atoms with Crippen molar-refractivity contribution in [2.24, 2.45) is 0 Å². The number of hydrogen-bond acceptors (Lipinski definition) is 1. The van der Waals surface area contributed by atoms with Gasteiger partial charge in [0.05, 0.1) is 44.3 Å². The fourth-order valence-corrected chi connectivity index (χ4v) is 10.7. The van der Waals surface area contributed by atoms with Gasteiger partial charge >= 0.3 is 0 Å². The molecule has 316 valence electrons. The van der Waals surface area contributed by atoms with Gasteiger partial charge in [-0.15, -0.1) is 0 Å². The summed E-state index contributed by atoms with van der Waals surface area (Å²) < 4.78 is 9.31. The molecule has 0 atom stereocenters. The van der Waals surface area contributed by atoms with Crippen molar-refractivity contribution < 1.29 is 4.79 Å². The minimum atomic E-state index is -0.0208. The highest BCUT2D eigenvalue weighted by Crippen LogP contribution is 2.41. The standard InChI is InChI=1S/C62H42N4O/c1-3-17-46-50-36-51-48-23-12-15-26-56(48)65(60(51)38-58(50)63(54(46)4-2)42-18-7-5-8-19-42)44-32-28-40(29-33-44)62(67)41-30-34-45(35-31-41)66-57-27-16-13-24-49(57)53-37-52-47-22-11-14-25-55(47)64(59(52)39-61(53)66)43-20-9-6-10-21-43/h3-39H,2H2,1H3/b17-3-. The third kappa shape index (κ3) is 5.78. The molecule has 0 aliphatic carbocycles. The van der Waals surface area contributed by atoms with Crippen molar-refractivity contribution in [1.82, 2.24) is 18.3 Å². The van der Waals surface area contributed by atoms with Gasteiger partial charge in [-0.25, -0.2) is 0 Å². The summed E-state index contributed by atoms with van der Waals surface area (Å²) in [4.78, 5) is 14.3. The van der Waals surface area contributed by atoms with Gasteiger partial charge in [0.2, 0.25) is 0 Å². The lowest BCUT2D eigenvalue weighted by Crippen LogP contribution is -2.03. The van der Waals surface area contributed by atoms with Crippen LogP contribution in [0.2, 0.25) is 0 Å². The SMILES string of the molecule is C=Cc1c(/C=C\C)c2cc3c4ccccc4n(-c4ccc(C(=O)c5ccc(-n6c7ccccc7c7cc8c9ccccc9n(-c9ccccc9)c8cc76)cc5)cc4)c3cc2n1-c1ccccc1. The first-order valence-corrected chi connectivity index (χ1v) is 22.8. The maximum absolute atomic E-state index is 14.3. The van der Waals surface area contributed by atoms with Gasteiger partial charge in [0.1, 0.15) is 0 Å². The van der Waals surface area contributed by atoms with E-state index >= 15 is 0 Å². The molecule has 4 heterocycles. The van der Waals surface area contributed by atoms with Gasteiger partial charge in [-0.3, -0.25) is 4.79 Å². The summed E-state index contributed by atoms with van der Waals surface area (Å²) in [5, 5.41) is 8.33. The van der Waals surface area contributed by atoms with Gasteiger partial charge in [0.15, 0.2) is 5.78 Å². The number of rotatable bonds is 8. The van der Waals surface area contributed by atoms with Crippen molar-refractivity contribution in [2.45, 2.75) is 6.92 Å². The average molecular weight is 859 g/mol. The molecule has 13 aromatic rings. The quantitative estimate of drug-likeness (QED) is 0.140. The summed E-state index contributed by atoms with van der Waals surface area (Å²) in [5.74, 6) is -0.0208. The van der Waals surface area contributed by atoms with Gasteiger partial charge in [0.25, 0.3) is 0 Å². The Hall–Kier alpha value is -8.93. The lowest BCUT2D eigenvalue weighted by Gasteiger charge is -2.12. The second kappa shape index (κ2) is 15.1. The Morgan fingerprint density at radius 1 is 0.373 bits per heavy atom. The van der Waals surface area contributed by atoms with Gasteiger partial charge in [-0.05, 0) is 128 Å². The molecule has 0 amide bonds. The van der Waals surface area contributed by atoms with E-state index in [0.29, 0.717) is 11.1 Å². The van der Waals surface area contributed by atoms with Crippen LogP contribution < -0.4 is 0 Å². The summed E-state index contributed by atoms with van der Waals surface area (Å²) in [6, 6.07) is 72.4. The molecule has 0 saturated carbocycles. The average Bonchev–Trinajstić information content (AvgIpc) is 4.09. The number of carbonyl (C=O) groups excluding carboxylic acids is 1. The second-order valence-electron chi connectivity index (χ2n) is 17.3. The van der Waals surface area contributed by atoms with E-state index in [1.54, 1.807) is 0 Å². The number of carbonyl (C=O) groups is 1. The Bertz CT molecular complexity index is 4160. The van der Waals surface area contributed by atoms with Crippen molar-refractivity contribution in [3.63, 3.8) is 0 Å². The number of aromatic nitrogens is 4. The largest absolute Gasteiger partial charge is 0.309 e. The molecular formula is C62H42N4O. The van der Waals surface area contributed by atoms with Crippen LogP contribution in [-0.2, 0) is 0 Å². The van der Waals surface area contributed by atoms with E-state index in [9.17, 15) is 4.79 Å². The Morgan fingerprint density at radius 2 is 0.731 bits per heavy atom. The fraction of sp³-hybridized carbons (Fsp3) is 0.0161. The van der Waals surface area contributed by atoms with E-state index in [1.165, 1.54) is 43.2 Å². The first kappa shape index (κ1) is 38.5. The summed E-state index contributed by atoms with van der Waals surface area (Å²) in [7, 11) is 0. The second-order valence-corrected chi connectivity index (χ2v) is 17.3. The van der Waals surface area contributed by atoms with Crippen LogP contribution >= 0.6 is 0 Å². The number of benzene rings is 9. The number of fused-ring (bicyclic) bond motifs is 10. The number of allylic oxidation sites excluding steroid dienone is 1. The van der Waals surface area contributed by atoms with Crippen LogP contribution in [0.3, 0.4) is 0 Å². The third-order valence-corrected chi connectivity index (χ3v) is 13.6. The van der Waals surface area contributed by atoms with E-state index in [4.69, 9.17) is 0 Å². The van der Waals surface area contributed by atoms with Crippen LogP contribution in [0.4, 0.5) is 0 Å². The normalized spacial score (nSPS) is 12.0. The molecule has 0 saturated heterocycles. The van der Waals surface area contributed by atoms with E-state index < -0.39 is 0 Å². The summed E-state index contributed by atoms with van der Waals surface area (Å²) >= 11 is 0. The smallest absolute Gasteiger partial charge is 0.193 e. The lowest BCUT2D eigenvalue weighted by atomic mass is 10.0. The van der Waals surface area contributed by atoms with E-state index in [0.717, 1.165) is 67.1 Å². The minimum Gasteiger partial charge on any atom is -0.309 e. The molecule has 4 aromatic heterocycles. The molecule has 0 N–H and O–H groups in total. The topological polar surface area (TPSA) is 36.8 Å². The molecule has 13 rings (SSSR count). The molecule has 0 bridgehead atoms. The van der Waals surface area contributed by atoms with Crippen LogP contribution in [0.15, 0.2) is 219 Å². The van der Waals surface area contributed by atoms with Crippen molar-refractivity contribution in [3.05, 3.63) is 241 Å². The molecule has 0 unspecified atom stereocenters. The first-order valence-electron chi connectivity index (χ1n) is 22.8. The van der Waals surface area contributed by atoms with Crippen LogP contribution in [0.1, 0.15) is 34.1 Å². The number of nitrogens with zero attached hydrogens (tertiary/aromatic N) is 4. The van der Waals surface area contributed by atoms with Crippen LogP contribution in [0, 0.1) is 0 Å². The monoisotopic (exact) mass is 858 g/mol. The molecule has 0 radical (unpaired) electrons. The maximum atomic E-state index is 14.3. The van der Waals surface area contributed by atoms with Gasteiger partial charge in [-0.2, -0.15) is 0 Å². The Morgan fingerprint density at radius 3 is 1.15 bits per heavy atom. The van der Waals surface area contributed by atoms with Crippen LogP contribution in [0.25, 0.3) is 111 Å². The predicted octanol–water partition coefficient (Wildman–Crippen LogP) is 15.8. The van der Waals surface area contributed by atoms with Crippen LogP contribution in [-0.4, -0.2) is 24.1 Å². The molecular weight excluding hydrogens is 817 g/mol. The van der Waals surface area contributed by atoms with Crippen molar-refractivity contribution in [1.29, 1.82) is 0 Å². The molecule has 5 heteroatoms. The maximum Gasteiger partial charge on any atom is 0.193 e. The zero-order valence-electron chi connectivity index (χ0n) is 36.8. The predicted molar refractivity (Wildman–Crippen MR) is 281 cm³/mol. The Kier molecular flexibility index (Phi) is 8.67. The highest BCUT2D eigenvalue weighted by molar-refractivity contribution is 6.20. The molecule has 0 aliphatic heterocycles. The number of hydrogen-bond donors (Lipinski definition) is 0. The molecule has 67 heavy (non-hydrogen) atoms. The Labute approximate surface area is 386 Å². The van der Waals surface area contributed by atoms with Crippen molar-refractivity contribution >= 4 is 94.3 Å². The molecule has 0 aliphatic rings. The van der Waals surface area contributed by atoms with Gasteiger partial charge < -0.3 is 18.3 Å². The van der Waals surface area contributed by atoms with Gasteiger partial charge in [-0.1, -0.05) is 110 Å². The summed E-state index contributed by atoms with van der Waals surface area (Å²) in [5.41, 5.74) is 15.5. The summed E-state index contributed by atoms with van der Waals surface area (Å²) in [6.45, 7) is 6.30. The van der Waals surface area contributed by atoms with E-state index in [-0.39, 0.29) is 5.78 Å². The van der Waals surface area contributed by atoms with Crippen LogP contribution in [0.5, 0.6) is 0 Å². The number of para-hydroxylation sites is 5. The number of ketones is 1. The molecule has 5 nitrogen and oxygen atoms in total. The fourth-order valence-electron chi connectivity index (χ4n) is 10.7. The highest BCUT2D eigenvalue weighted by atomic mass is 16.1. The van der Waals surface area contributed by atoms with E-state index in [1.807, 2.05) is 36.4 Å². The third-order valence-electron chi connectivity index (χ3n) is 13.6. The zero-order valence-corrected chi connectivity index (χ0v) is 36.8. The lowest BCUT2D eigenvalue weighted by molar-refractivity contribution is 0.103. The van der Waals surface area contributed by atoms with E-state index in [2.05, 4.69) is 220 Å². The Balaban J connectivity index is 0.897. The zero-order chi connectivity index (χ0) is 44.8. The first-order chi connectivity index (χ1) is 33.1. The summed E-state index contributed by atoms with van der Waals surface area (Å²) in [6.07, 6.45) is 6.23. The molecule has 0 fully saturated rings. The van der Waals surface area contributed by atoms with Gasteiger partial charge in [0, 0.05) is 77.1 Å². The molecule has 0 spiro atoms. The highest BCUT2D eigenvalue weighted by Gasteiger charge is 2.22. The molecule has 9 aromatic carbocycles. The van der Waals surface area contributed by atoms with Crippen molar-refractivity contribution in [3.8, 4) is 22.7 Å². The van der Waals surface area contributed by atoms with Crippen molar-refractivity contribution in [2.75, 3.05) is 0 Å². The minimum absolute atomic E-state index is 0.0208.